The molecule has 0 saturated heterocycles. The van der Waals surface area contributed by atoms with E-state index in [2.05, 4.69) is 31.9 Å². The zero-order chi connectivity index (χ0) is 14.8. The van der Waals surface area contributed by atoms with Crippen molar-refractivity contribution in [1.82, 2.24) is 0 Å². The van der Waals surface area contributed by atoms with E-state index in [9.17, 15) is 8.42 Å². The molecule has 0 fully saturated rings. The van der Waals surface area contributed by atoms with Gasteiger partial charge in [0, 0.05) is 11.8 Å². The van der Waals surface area contributed by atoms with Crippen LogP contribution < -0.4 is 9.47 Å². The largest absolute Gasteiger partial charge is 0.496 e. The van der Waals surface area contributed by atoms with E-state index in [0.717, 1.165) is 10.0 Å². The quantitative estimate of drug-likeness (QED) is 0.692. The number of hydrogen-bond donors (Lipinski definition) is 0. The number of ether oxygens (including phenoxy) is 2. The van der Waals surface area contributed by atoms with Gasteiger partial charge < -0.3 is 9.47 Å². The molecule has 1 aromatic carbocycles. The second-order valence-electron chi connectivity index (χ2n) is 4.17. The number of methoxy groups -OCH3 is 2. The minimum absolute atomic E-state index is 0.376. The molecule has 1 aromatic rings. The molecule has 4 nitrogen and oxygen atoms in total. The molecule has 19 heavy (non-hydrogen) atoms. The van der Waals surface area contributed by atoms with Crippen molar-refractivity contribution in [3.8, 4) is 11.5 Å². The first kappa shape index (κ1) is 16.8. The SMILES string of the molecule is COc1cc(C(Br)C(C)S(C)(=O)=O)c(OC)cc1Br. The number of alkyl halides is 1. The first-order valence-corrected chi connectivity index (χ1v) is 9.13. The molecular formula is C12H16Br2O4S. The summed E-state index contributed by atoms with van der Waals surface area (Å²) in [6.07, 6.45) is 1.22. The van der Waals surface area contributed by atoms with E-state index in [1.165, 1.54) is 6.26 Å². The van der Waals surface area contributed by atoms with Gasteiger partial charge in [-0.15, -0.1) is 0 Å². The maximum absolute atomic E-state index is 11.7. The summed E-state index contributed by atoms with van der Waals surface area (Å²) < 4.78 is 34.6. The maximum Gasteiger partial charge on any atom is 0.151 e. The van der Waals surface area contributed by atoms with Crippen LogP contribution in [-0.2, 0) is 9.84 Å². The van der Waals surface area contributed by atoms with Gasteiger partial charge in [-0.3, -0.25) is 0 Å². The zero-order valence-electron chi connectivity index (χ0n) is 11.1. The normalized spacial score (nSPS) is 14.8. The third-order valence-electron chi connectivity index (χ3n) is 2.89. The van der Waals surface area contributed by atoms with Crippen molar-refractivity contribution in [3.05, 3.63) is 22.2 Å². The molecule has 2 atom stereocenters. The first-order valence-electron chi connectivity index (χ1n) is 5.46. The van der Waals surface area contributed by atoms with Crippen LogP contribution in [0.2, 0.25) is 0 Å². The second-order valence-corrected chi connectivity index (χ2v) is 8.41. The molecule has 108 valence electrons. The summed E-state index contributed by atoms with van der Waals surface area (Å²) in [6, 6.07) is 3.53. The molecule has 0 heterocycles. The van der Waals surface area contributed by atoms with Gasteiger partial charge in [0.15, 0.2) is 9.84 Å². The van der Waals surface area contributed by atoms with Crippen LogP contribution in [0.5, 0.6) is 11.5 Å². The van der Waals surface area contributed by atoms with Gasteiger partial charge >= 0.3 is 0 Å². The van der Waals surface area contributed by atoms with Gasteiger partial charge in [0.25, 0.3) is 0 Å². The topological polar surface area (TPSA) is 52.6 Å². The molecule has 2 unspecified atom stereocenters. The molecule has 0 spiro atoms. The lowest BCUT2D eigenvalue weighted by Gasteiger charge is -2.20. The molecule has 0 aromatic heterocycles. The highest BCUT2D eigenvalue weighted by Gasteiger charge is 2.28. The predicted octanol–water partition coefficient (Wildman–Crippen LogP) is 3.34. The fraction of sp³-hybridized carbons (Fsp3) is 0.500. The predicted molar refractivity (Wildman–Crippen MR) is 83.2 cm³/mol. The summed E-state index contributed by atoms with van der Waals surface area (Å²) in [5, 5.41) is -0.577. The zero-order valence-corrected chi connectivity index (χ0v) is 15.1. The number of halogens is 2. The van der Waals surface area contributed by atoms with Crippen LogP contribution in [0.15, 0.2) is 16.6 Å². The van der Waals surface area contributed by atoms with Crippen LogP contribution in [-0.4, -0.2) is 34.1 Å². The van der Waals surface area contributed by atoms with Gasteiger partial charge in [-0.1, -0.05) is 15.9 Å². The molecule has 1 rings (SSSR count). The maximum atomic E-state index is 11.7. The molecule has 0 aliphatic rings. The Morgan fingerprint density at radius 2 is 1.68 bits per heavy atom. The van der Waals surface area contributed by atoms with Crippen LogP contribution in [0.1, 0.15) is 17.3 Å². The Morgan fingerprint density at radius 1 is 1.16 bits per heavy atom. The summed E-state index contributed by atoms with van der Waals surface area (Å²) >= 11 is 6.81. The summed E-state index contributed by atoms with van der Waals surface area (Å²) in [7, 11) is -0.0605. The van der Waals surface area contributed by atoms with Gasteiger partial charge in [0.2, 0.25) is 0 Å². The first-order chi connectivity index (χ1) is 8.72. The van der Waals surface area contributed by atoms with E-state index in [0.29, 0.717) is 11.5 Å². The van der Waals surface area contributed by atoms with Gasteiger partial charge in [0.1, 0.15) is 11.5 Å². The smallest absolute Gasteiger partial charge is 0.151 e. The molecule has 0 saturated carbocycles. The average molecular weight is 416 g/mol. The van der Waals surface area contributed by atoms with Crippen molar-refractivity contribution in [2.45, 2.75) is 17.0 Å². The third-order valence-corrected chi connectivity index (χ3v) is 6.77. The summed E-state index contributed by atoms with van der Waals surface area (Å²) in [5.41, 5.74) is 0.737. The minimum Gasteiger partial charge on any atom is -0.496 e. The average Bonchev–Trinajstić information content (AvgIpc) is 2.35. The molecular weight excluding hydrogens is 400 g/mol. The van der Waals surface area contributed by atoms with Gasteiger partial charge in [-0.05, 0) is 35.0 Å². The summed E-state index contributed by atoms with van der Waals surface area (Å²) in [5.74, 6) is 1.23. The van der Waals surface area contributed by atoms with E-state index in [1.54, 1.807) is 33.3 Å². The van der Waals surface area contributed by atoms with Crippen molar-refractivity contribution >= 4 is 41.7 Å². The lowest BCUT2D eigenvalue weighted by Crippen LogP contribution is -2.21. The van der Waals surface area contributed by atoms with Crippen LogP contribution in [0.4, 0.5) is 0 Å². The third kappa shape index (κ3) is 3.86. The van der Waals surface area contributed by atoms with Crippen molar-refractivity contribution in [1.29, 1.82) is 0 Å². The van der Waals surface area contributed by atoms with E-state index in [1.807, 2.05) is 0 Å². The van der Waals surface area contributed by atoms with E-state index in [4.69, 9.17) is 9.47 Å². The molecule has 7 heteroatoms. The van der Waals surface area contributed by atoms with E-state index >= 15 is 0 Å². The molecule has 0 aliphatic carbocycles. The molecule has 0 aliphatic heterocycles. The van der Waals surface area contributed by atoms with Crippen LogP contribution in [0.3, 0.4) is 0 Å². The Labute approximate surface area is 130 Å². The standard InChI is InChI=1S/C12H16Br2O4S/c1-7(19(4,15)16)12(14)8-5-11(18-3)9(13)6-10(8)17-2/h5-7,12H,1-4H3. The fourth-order valence-corrected chi connectivity index (χ4v) is 4.17. The number of sulfone groups is 1. The Balaban J connectivity index is 3.32. The van der Waals surface area contributed by atoms with Gasteiger partial charge in [0.05, 0.1) is 28.8 Å². The highest BCUT2D eigenvalue weighted by molar-refractivity contribution is 9.10. The molecule has 0 radical (unpaired) electrons. The van der Waals surface area contributed by atoms with Crippen LogP contribution in [0, 0.1) is 0 Å². The molecule has 0 bridgehead atoms. The Morgan fingerprint density at radius 3 is 2.11 bits per heavy atom. The number of benzene rings is 1. The lowest BCUT2D eigenvalue weighted by atomic mass is 10.1. The van der Waals surface area contributed by atoms with Crippen molar-refractivity contribution in [2.75, 3.05) is 20.5 Å². The van der Waals surface area contributed by atoms with Crippen LogP contribution in [0.25, 0.3) is 0 Å². The fourth-order valence-electron chi connectivity index (χ4n) is 1.57. The van der Waals surface area contributed by atoms with E-state index < -0.39 is 15.1 Å². The second kappa shape index (κ2) is 6.45. The Kier molecular flexibility index (Phi) is 5.70. The minimum atomic E-state index is -3.16. The van der Waals surface area contributed by atoms with Crippen LogP contribution >= 0.6 is 31.9 Å². The Bertz CT molecular complexity index is 557. The summed E-state index contributed by atoms with van der Waals surface area (Å²) in [4.78, 5) is -0.376. The van der Waals surface area contributed by atoms with Gasteiger partial charge in [-0.25, -0.2) is 8.42 Å². The lowest BCUT2D eigenvalue weighted by molar-refractivity contribution is 0.396. The van der Waals surface area contributed by atoms with Crippen molar-refractivity contribution in [2.24, 2.45) is 0 Å². The molecule has 0 amide bonds. The monoisotopic (exact) mass is 414 g/mol. The number of rotatable bonds is 5. The highest BCUT2D eigenvalue weighted by atomic mass is 79.9. The highest BCUT2D eigenvalue weighted by Crippen LogP contribution is 2.41. The summed E-state index contributed by atoms with van der Waals surface area (Å²) in [6.45, 7) is 1.66. The van der Waals surface area contributed by atoms with Crippen molar-refractivity contribution < 1.29 is 17.9 Å². The molecule has 0 N–H and O–H groups in total. The van der Waals surface area contributed by atoms with E-state index in [-0.39, 0.29) is 4.83 Å². The van der Waals surface area contributed by atoms with Crippen molar-refractivity contribution in [3.63, 3.8) is 0 Å². The van der Waals surface area contributed by atoms with Gasteiger partial charge in [-0.2, -0.15) is 0 Å². The Hall–Kier alpha value is -0.270. The number of hydrogen-bond acceptors (Lipinski definition) is 4.